The predicted octanol–water partition coefficient (Wildman–Crippen LogP) is 4.70. The minimum absolute atomic E-state index is 0.0397. The van der Waals surface area contributed by atoms with Crippen LogP contribution in [0.4, 0.5) is 10.2 Å². The zero-order valence-electron chi connectivity index (χ0n) is 25.1. The van der Waals surface area contributed by atoms with Crippen LogP contribution in [0.15, 0.2) is 29.5 Å². The van der Waals surface area contributed by atoms with Crippen LogP contribution in [0.1, 0.15) is 82.3 Å². The maximum absolute atomic E-state index is 16.1. The van der Waals surface area contributed by atoms with Gasteiger partial charge in [0.2, 0.25) is 24.5 Å². The summed E-state index contributed by atoms with van der Waals surface area (Å²) in [6.45, 7) is 4.51. The predicted molar refractivity (Wildman–Crippen MR) is 165 cm³/mol. The molecule has 0 radical (unpaired) electrons. The number of pyridine rings is 2. The van der Waals surface area contributed by atoms with E-state index in [1.165, 1.54) is 12.3 Å². The number of carbonyl (C=O) groups excluding carboxylic acids is 2. The van der Waals surface area contributed by atoms with Crippen molar-refractivity contribution in [1.82, 2.24) is 26.2 Å². The standard InChI is InChI=1S/C31H36Cl2FN7O4/c1-29(2)10-12-30(13-11-29)31(19-7-8-20(32)37-25(19)38-28(31)43)21(18-9-14-35-24(33)22(18)34)23(39-30)26(42)36-17-5-3-16(4-6-17)27-40-41-45-15-44-27/h7-9,14,16-17,21,23,39,41H,3-6,10-13,15H2,1-2H3,(H,36,42)(H,37,38,43)/t16-,17-,21-,23+,31+/m0/s1. The van der Waals surface area contributed by atoms with Gasteiger partial charge in [0.1, 0.15) is 16.4 Å². The van der Waals surface area contributed by atoms with Gasteiger partial charge in [-0.2, -0.15) is 5.59 Å². The van der Waals surface area contributed by atoms with Gasteiger partial charge in [0, 0.05) is 35.2 Å². The fourth-order valence-electron chi connectivity index (χ4n) is 8.41. The molecule has 3 fully saturated rings. The summed E-state index contributed by atoms with van der Waals surface area (Å²) < 4.78 is 21.6. The van der Waals surface area contributed by atoms with Gasteiger partial charge in [-0.25, -0.2) is 19.2 Å². The van der Waals surface area contributed by atoms with Crippen molar-refractivity contribution < 1.29 is 23.6 Å². The topological polar surface area (TPSA) is 139 Å². The Morgan fingerprint density at radius 2 is 1.84 bits per heavy atom. The van der Waals surface area contributed by atoms with E-state index in [-0.39, 0.29) is 51.9 Å². The number of rotatable bonds is 4. The number of anilines is 1. The SMILES string of the molecule is CC1(C)CCC2(CC1)N[C@@H](C(=O)N[C@H]1CC[C@H](C3=NNOCO3)CC1)[C@H](c1ccnc(Cl)c1F)[C@]21C(=O)Nc2nc(Cl)ccc21. The summed E-state index contributed by atoms with van der Waals surface area (Å²) in [5, 5.41) is 13.9. The average molecular weight is 661 g/mol. The second-order valence-electron chi connectivity index (χ2n) is 13.6. The first-order valence-electron chi connectivity index (χ1n) is 15.5. The molecule has 5 aliphatic rings. The number of ether oxygens (including phenoxy) is 1. The highest BCUT2D eigenvalue weighted by Gasteiger charge is 2.73. The van der Waals surface area contributed by atoms with Crippen molar-refractivity contribution in [3.05, 3.63) is 51.6 Å². The van der Waals surface area contributed by atoms with Crippen molar-refractivity contribution >= 4 is 46.7 Å². The van der Waals surface area contributed by atoms with Crippen molar-refractivity contribution in [3.63, 3.8) is 0 Å². The normalized spacial score (nSPS) is 31.5. The van der Waals surface area contributed by atoms with Crippen LogP contribution in [0.25, 0.3) is 0 Å². The van der Waals surface area contributed by atoms with Gasteiger partial charge in [-0.15, -0.1) is 5.10 Å². The van der Waals surface area contributed by atoms with E-state index in [0.717, 1.165) is 25.7 Å². The molecule has 14 heteroatoms. The Balaban J connectivity index is 1.29. The van der Waals surface area contributed by atoms with E-state index in [2.05, 4.69) is 50.5 Å². The van der Waals surface area contributed by atoms with Gasteiger partial charge in [0.05, 0.1) is 6.04 Å². The summed E-state index contributed by atoms with van der Waals surface area (Å²) in [7, 11) is 0. The van der Waals surface area contributed by atoms with Gasteiger partial charge >= 0.3 is 0 Å². The lowest BCUT2D eigenvalue weighted by Gasteiger charge is -2.50. The Bertz CT molecular complexity index is 1560. The first-order valence-corrected chi connectivity index (χ1v) is 16.2. The van der Waals surface area contributed by atoms with Crippen LogP contribution >= 0.6 is 23.2 Å². The molecule has 3 atom stereocenters. The summed E-state index contributed by atoms with van der Waals surface area (Å²) >= 11 is 12.5. The van der Waals surface area contributed by atoms with Crippen LogP contribution in [0, 0.1) is 17.2 Å². The number of carbonyl (C=O) groups is 2. The second kappa shape index (κ2) is 11.3. The van der Waals surface area contributed by atoms with Gasteiger partial charge in [-0.05, 0) is 74.5 Å². The maximum atomic E-state index is 16.1. The fraction of sp³-hybridized carbons (Fsp3) is 0.581. The maximum Gasteiger partial charge on any atom is 0.238 e. The van der Waals surface area contributed by atoms with E-state index < -0.39 is 28.7 Å². The average Bonchev–Trinajstić information content (AvgIpc) is 3.49. The summed E-state index contributed by atoms with van der Waals surface area (Å²) in [6, 6.07) is 3.90. The number of halogens is 3. The number of hydrogen-bond donors (Lipinski definition) is 4. The first kappa shape index (κ1) is 30.6. The summed E-state index contributed by atoms with van der Waals surface area (Å²) in [5.41, 5.74) is 1.07. The fourth-order valence-corrected chi connectivity index (χ4v) is 8.72. The lowest BCUT2D eigenvalue weighted by Crippen LogP contribution is -2.61. The van der Waals surface area contributed by atoms with Crippen LogP contribution in [-0.2, 0) is 24.6 Å². The number of hydrogen-bond acceptors (Lipinski definition) is 9. The number of amides is 2. The summed E-state index contributed by atoms with van der Waals surface area (Å²) in [5.74, 6) is -1.26. The second-order valence-corrected chi connectivity index (χ2v) is 14.4. The summed E-state index contributed by atoms with van der Waals surface area (Å²) in [6.07, 6.45) is 7.19. The molecule has 7 rings (SSSR count). The molecule has 0 aromatic carbocycles. The van der Waals surface area contributed by atoms with Gasteiger partial charge in [-0.3, -0.25) is 14.9 Å². The first-order chi connectivity index (χ1) is 21.5. The Kier molecular flexibility index (Phi) is 7.70. The molecule has 4 N–H and O–H groups in total. The van der Waals surface area contributed by atoms with E-state index >= 15 is 4.39 Å². The van der Waals surface area contributed by atoms with E-state index in [9.17, 15) is 9.59 Å². The number of fused-ring (bicyclic) bond motifs is 3. The van der Waals surface area contributed by atoms with Crippen LogP contribution in [0.5, 0.6) is 0 Å². The zero-order chi connectivity index (χ0) is 31.6. The third-order valence-electron chi connectivity index (χ3n) is 10.7. The van der Waals surface area contributed by atoms with Gasteiger partial charge in [-0.1, -0.05) is 43.1 Å². The number of aromatic nitrogens is 2. The zero-order valence-corrected chi connectivity index (χ0v) is 26.6. The van der Waals surface area contributed by atoms with Crippen molar-refractivity contribution in [3.8, 4) is 0 Å². The highest BCUT2D eigenvalue weighted by atomic mass is 35.5. The molecule has 2 spiro atoms. The third-order valence-corrected chi connectivity index (χ3v) is 11.2. The molecule has 3 aliphatic heterocycles. The molecule has 0 unspecified atom stereocenters. The Morgan fingerprint density at radius 3 is 2.56 bits per heavy atom. The Labute approximate surface area is 270 Å². The smallest absolute Gasteiger partial charge is 0.238 e. The molecule has 1 saturated heterocycles. The summed E-state index contributed by atoms with van der Waals surface area (Å²) in [4.78, 5) is 42.3. The van der Waals surface area contributed by atoms with Crippen LogP contribution in [-0.4, -0.2) is 52.1 Å². The minimum atomic E-state index is -1.37. The third kappa shape index (κ3) is 4.95. The number of nitrogens with one attached hydrogen (secondary N) is 4. The molecule has 5 heterocycles. The minimum Gasteiger partial charge on any atom is -0.450 e. The molecule has 2 saturated carbocycles. The van der Waals surface area contributed by atoms with E-state index in [1.54, 1.807) is 12.1 Å². The molecule has 2 amide bonds. The van der Waals surface area contributed by atoms with Crippen molar-refractivity contribution in [2.75, 3.05) is 12.1 Å². The molecule has 11 nitrogen and oxygen atoms in total. The lowest BCUT2D eigenvalue weighted by molar-refractivity contribution is -0.125. The van der Waals surface area contributed by atoms with Crippen molar-refractivity contribution in [2.24, 2.45) is 16.4 Å². The van der Waals surface area contributed by atoms with Gasteiger partial charge in [0.15, 0.2) is 11.0 Å². The highest BCUT2D eigenvalue weighted by Crippen LogP contribution is 2.63. The monoisotopic (exact) mass is 659 g/mol. The molecule has 2 aromatic heterocycles. The molecule has 2 aromatic rings. The Hall–Kier alpha value is -3.06. The highest BCUT2D eigenvalue weighted by molar-refractivity contribution is 6.30. The molecule has 2 aliphatic carbocycles. The number of hydrazone groups is 1. The molecular weight excluding hydrogens is 624 g/mol. The molecule has 0 bridgehead atoms. The van der Waals surface area contributed by atoms with Crippen molar-refractivity contribution in [2.45, 2.75) is 94.2 Å². The molecule has 45 heavy (non-hydrogen) atoms. The quantitative estimate of drug-likeness (QED) is 0.347. The Morgan fingerprint density at radius 1 is 1.09 bits per heavy atom. The van der Waals surface area contributed by atoms with Crippen LogP contribution < -0.4 is 21.5 Å². The van der Waals surface area contributed by atoms with Crippen molar-refractivity contribution in [1.29, 1.82) is 0 Å². The van der Waals surface area contributed by atoms with Crippen LogP contribution in [0.3, 0.4) is 0 Å². The van der Waals surface area contributed by atoms with E-state index in [1.807, 2.05) is 0 Å². The van der Waals surface area contributed by atoms with Crippen LogP contribution in [0.2, 0.25) is 10.3 Å². The van der Waals surface area contributed by atoms with E-state index in [0.29, 0.717) is 43.0 Å². The number of nitrogens with zero attached hydrogens (tertiary/aromatic N) is 3. The van der Waals surface area contributed by atoms with Gasteiger partial charge < -0.3 is 15.4 Å². The van der Waals surface area contributed by atoms with Gasteiger partial charge in [0.25, 0.3) is 0 Å². The molecule has 240 valence electrons. The van der Waals surface area contributed by atoms with E-state index in [4.69, 9.17) is 32.8 Å². The largest absolute Gasteiger partial charge is 0.450 e. The lowest BCUT2D eigenvalue weighted by atomic mass is 9.53. The molecular formula is C31H36Cl2FN7O4.